The smallest absolute Gasteiger partial charge is 0.287 e. The molecule has 0 spiro atoms. The van der Waals surface area contributed by atoms with Crippen LogP contribution in [0.5, 0.6) is 0 Å². The Hall–Kier alpha value is -1.47. The van der Waals surface area contributed by atoms with Gasteiger partial charge in [-0.3, -0.25) is 10.1 Å². The first-order valence-electron chi connectivity index (χ1n) is 6.47. The lowest BCUT2D eigenvalue weighted by molar-refractivity contribution is -0.387. The summed E-state index contributed by atoms with van der Waals surface area (Å²) in [6.07, 6.45) is 0.831. The van der Waals surface area contributed by atoms with E-state index in [2.05, 4.69) is 5.32 Å². The molecule has 0 aromatic heterocycles. The van der Waals surface area contributed by atoms with Crippen LogP contribution in [0, 0.1) is 16.0 Å². The molecule has 0 heterocycles. The maximum absolute atomic E-state index is 12.4. The molecule has 1 aromatic carbocycles. The average molecular weight is 300 g/mol. The molecule has 0 radical (unpaired) electrons. The molecular weight excluding hydrogens is 280 g/mol. The third-order valence-corrected chi connectivity index (χ3v) is 5.31. The number of hydrogen-bond acceptors (Lipinski definition) is 5. The molecule has 0 aliphatic rings. The molecule has 1 aromatic rings. The molecule has 2 unspecified atom stereocenters. The largest absolute Gasteiger partial charge is 0.316 e. The molecule has 1 N–H and O–H groups in total. The van der Waals surface area contributed by atoms with Crippen LogP contribution in [0.1, 0.15) is 20.3 Å². The topological polar surface area (TPSA) is 89.3 Å². The van der Waals surface area contributed by atoms with E-state index in [-0.39, 0.29) is 28.3 Å². The zero-order chi connectivity index (χ0) is 15.3. The molecule has 1 rings (SSSR count). The van der Waals surface area contributed by atoms with Gasteiger partial charge in [0.25, 0.3) is 5.69 Å². The van der Waals surface area contributed by atoms with Crippen molar-refractivity contribution in [3.63, 3.8) is 0 Å². The molecule has 6 nitrogen and oxygen atoms in total. The number of nitro groups is 1. The van der Waals surface area contributed by atoms with E-state index >= 15 is 0 Å². The van der Waals surface area contributed by atoms with Crippen LogP contribution in [0.25, 0.3) is 0 Å². The summed E-state index contributed by atoms with van der Waals surface area (Å²) < 4.78 is 24.8. The van der Waals surface area contributed by atoms with Crippen LogP contribution in [0.15, 0.2) is 29.2 Å². The average Bonchev–Trinajstić information content (AvgIpc) is 2.43. The molecule has 0 saturated heterocycles. The Morgan fingerprint density at radius 1 is 1.35 bits per heavy atom. The summed E-state index contributed by atoms with van der Waals surface area (Å²) in [6, 6.07) is 5.23. The fraction of sp³-hybridized carbons (Fsp3) is 0.538. The Morgan fingerprint density at radius 2 is 1.95 bits per heavy atom. The highest BCUT2D eigenvalue weighted by molar-refractivity contribution is 7.91. The van der Waals surface area contributed by atoms with Gasteiger partial charge in [0, 0.05) is 12.1 Å². The molecule has 0 amide bonds. The number of nitrogens with zero attached hydrogens (tertiary/aromatic N) is 1. The molecule has 20 heavy (non-hydrogen) atoms. The maximum Gasteiger partial charge on any atom is 0.287 e. The van der Waals surface area contributed by atoms with Gasteiger partial charge in [-0.15, -0.1) is 0 Å². The van der Waals surface area contributed by atoms with Crippen LogP contribution >= 0.6 is 0 Å². The van der Waals surface area contributed by atoms with Crippen molar-refractivity contribution in [3.05, 3.63) is 34.4 Å². The summed E-state index contributed by atoms with van der Waals surface area (Å²) in [6.45, 7) is 3.93. The summed E-state index contributed by atoms with van der Waals surface area (Å²) in [5.41, 5.74) is -0.369. The van der Waals surface area contributed by atoms with E-state index < -0.39 is 14.8 Å². The SMILES string of the molecule is CCC(C)C(CS(=O)(=O)c1ccccc1[N+](=O)[O-])NC. The summed E-state index contributed by atoms with van der Waals surface area (Å²) in [4.78, 5) is 10.1. The molecule has 7 heteroatoms. The number of para-hydroxylation sites is 1. The predicted molar refractivity (Wildman–Crippen MR) is 77.5 cm³/mol. The minimum Gasteiger partial charge on any atom is -0.316 e. The van der Waals surface area contributed by atoms with Crippen LogP contribution in [0.3, 0.4) is 0 Å². The van der Waals surface area contributed by atoms with Gasteiger partial charge in [-0.25, -0.2) is 8.42 Å². The second-order valence-electron chi connectivity index (χ2n) is 4.79. The summed E-state index contributed by atoms with van der Waals surface area (Å²) in [7, 11) is -2.01. The second kappa shape index (κ2) is 6.81. The quantitative estimate of drug-likeness (QED) is 0.614. The summed E-state index contributed by atoms with van der Waals surface area (Å²) in [5.74, 6) is 0.0149. The van der Waals surface area contributed by atoms with Crippen LogP contribution in [0.4, 0.5) is 5.69 Å². The number of sulfone groups is 1. The molecule has 2 atom stereocenters. The van der Waals surface area contributed by atoms with Crippen LogP contribution in [-0.2, 0) is 9.84 Å². The zero-order valence-corrected chi connectivity index (χ0v) is 12.7. The van der Waals surface area contributed by atoms with Crippen LogP contribution in [-0.4, -0.2) is 32.2 Å². The van der Waals surface area contributed by atoms with Gasteiger partial charge in [-0.1, -0.05) is 32.4 Å². The summed E-state index contributed by atoms with van der Waals surface area (Å²) >= 11 is 0. The number of nitro benzene ring substituents is 1. The van der Waals surface area contributed by atoms with Gasteiger partial charge < -0.3 is 5.32 Å². The first kappa shape index (κ1) is 16.6. The normalized spacial score (nSPS) is 14.8. The monoisotopic (exact) mass is 300 g/mol. The Bertz CT molecular complexity index is 571. The minimum atomic E-state index is -3.71. The standard InChI is InChI=1S/C13H20N2O4S/c1-4-10(2)11(14-3)9-20(18,19)13-8-6-5-7-12(13)15(16)17/h5-8,10-11,14H,4,9H2,1-3H3. The van der Waals surface area contributed by atoms with Gasteiger partial charge in [0.2, 0.25) is 0 Å². The van der Waals surface area contributed by atoms with Crippen molar-refractivity contribution >= 4 is 15.5 Å². The Balaban J connectivity index is 3.14. The lowest BCUT2D eigenvalue weighted by Crippen LogP contribution is -2.38. The van der Waals surface area contributed by atoms with Gasteiger partial charge in [0.1, 0.15) is 4.90 Å². The van der Waals surface area contributed by atoms with E-state index in [1.165, 1.54) is 24.3 Å². The van der Waals surface area contributed by atoms with E-state index in [4.69, 9.17) is 0 Å². The predicted octanol–water partition coefficient (Wildman–Crippen LogP) is 2.00. The zero-order valence-electron chi connectivity index (χ0n) is 11.9. The lowest BCUT2D eigenvalue weighted by Gasteiger charge is -2.22. The fourth-order valence-corrected chi connectivity index (χ4v) is 3.91. The fourth-order valence-electron chi connectivity index (χ4n) is 2.01. The van der Waals surface area contributed by atoms with Crippen molar-refractivity contribution in [1.82, 2.24) is 5.32 Å². The molecule has 0 saturated carbocycles. The van der Waals surface area contributed by atoms with E-state index in [0.29, 0.717) is 0 Å². The van der Waals surface area contributed by atoms with Crippen molar-refractivity contribution < 1.29 is 13.3 Å². The van der Waals surface area contributed by atoms with Gasteiger partial charge >= 0.3 is 0 Å². The van der Waals surface area contributed by atoms with Crippen molar-refractivity contribution in [3.8, 4) is 0 Å². The van der Waals surface area contributed by atoms with Gasteiger partial charge in [-0.05, 0) is 19.0 Å². The highest BCUT2D eigenvalue weighted by Crippen LogP contribution is 2.25. The van der Waals surface area contributed by atoms with E-state index in [1.807, 2.05) is 13.8 Å². The first-order chi connectivity index (χ1) is 9.33. The van der Waals surface area contributed by atoms with Crippen molar-refractivity contribution in [1.29, 1.82) is 0 Å². The second-order valence-corrected chi connectivity index (χ2v) is 6.79. The summed E-state index contributed by atoms with van der Waals surface area (Å²) in [5, 5.41) is 13.9. The molecule has 0 fully saturated rings. The lowest BCUT2D eigenvalue weighted by atomic mass is 10.0. The van der Waals surface area contributed by atoms with Crippen molar-refractivity contribution in [2.24, 2.45) is 5.92 Å². The third kappa shape index (κ3) is 3.77. The van der Waals surface area contributed by atoms with Gasteiger partial charge in [0.15, 0.2) is 9.84 Å². The number of hydrogen-bond donors (Lipinski definition) is 1. The van der Waals surface area contributed by atoms with Crippen LogP contribution < -0.4 is 5.32 Å². The minimum absolute atomic E-state index is 0.149. The highest BCUT2D eigenvalue weighted by atomic mass is 32.2. The van der Waals surface area contributed by atoms with Gasteiger partial charge in [0.05, 0.1) is 10.7 Å². The molecule has 0 aliphatic carbocycles. The molecule has 0 aliphatic heterocycles. The number of nitrogens with one attached hydrogen (secondary N) is 1. The van der Waals surface area contributed by atoms with E-state index in [9.17, 15) is 18.5 Å². The molecule has 112 valence electrons. The Labute approximate surface area is 119 Å². The highest BCUT2D eigenvalue weighted by Gasteiger charge is 2.29. The number of benzene rings is 1. The van der Waals surface area contributed by atoms with Crippen molar-refractivity contribution in [2.75, 3.05) is 12.8 Å². The van der Waals surface area contributed by atoms with Gasteiger partial charge in [-0.2, -0.15) is 0 Å². The van der Waals surface area contributed by atoms with E-state index in [0.717, 1.165) is 6.42 Å². The molecular formula is C13H20N2O4S. The Morgan fingerprint density at radius 3 is 2.45 bits per heavy atom. The van der Waals surface area contributed by atoms with Crippen molar-refractivity contribution in [2.45, 2.75) is 31.2 Å². The maximum atomic E-state index is 12.4. The third-order valence-electron chi connectivity index (χ3n) is 3.50. The van der Waals surface area contributed by atoms with Crippen LogP contribution in [0.2, 0.25) is 0 Å². The van der Waals surface area contributed by atoms with E-state index in [1.54, 1.807) is 7.05 Å². The molecule has 0 bridgehead atoms. The Kier molecular flexibility index (Phi) is 5.64. The number of rotatable bonds is 7. The first-order valence-corrected chi connectivity index (χ1v) is 8.12.